The Labute approximate surface area is 253 Å². The number of fused-ring (bicyclic) bond motifs is 1. The number of benzene rings is 3. The van der Waals surface area contributed by atoms with Crippen LogP contribution in [0.1, 0.15) is 41.3 Å². The van der Waals surface area contributed by atoms with E-state index in [9.17, 15) is 18.0 Å². The number of ether oxygens (including phenoxy) is 2. The van der Waals surface area contributed by atoms with Crippen molar-refractivity contribution in [2.45, 2.75) is 43.6 Å². The molecule has 0 amide bonds. The van der Waals surface area contributed by atoms with Gasteiger partial charge in [0.25, 0.3) is 5.82 Å². The van der Waals surface area contributed by atoms with Gasteiger partial charge in [0.1, 0.15) is 5.75 Å². The van der Waals surface area contributed by atoms with Crippen molar-refractivity contribution in [2.24, 2.45) is 0 Å². The Balaban J connectivity index is 1.35. The molecule has 2 fully saturated rings. The number of esters is 1. The number of hydrogen-bond donors (Lipinski definition) is 0. The molecule has 3 heterocycles. The van der Waals surface area contributed by atoms with E-state index in [0.29, 0.717) is 28.6 Å². The smallest absolute Gasteiger partial charge is 0.453 e. The molecule has 0 unspecified atom stereocenters. The van der Waals surface area contributed by atoms with Crippen LogP contribution in [0.4, 0.5) is 13.2 Å². The van der Waals surface area contributed by atoms with Gasteiger partial charge in [0.15, 0.2) is 6.61 Å². The minimum atomic E-state index is -4.74. The summed E-state index contributed by atoms with van der Waals surface area (Å²) >= 11 is 0. The fourth-order valence-electron chi connectivity index (χ4n) is 6.55. The monoisotopic (exact) mass is 606 g/mol. The van der Waals surface area contributed by atoms with Crippen LogP contribution in [-0.2, 0) is 22.3 Å². The summed E-state index contributed by atoms with van der Waals surface area (Å²) in [7, 11) is 1.27. The normalized spacial score (nSPS) is 19.2. The van der Waals surface area contributed by atoms with Crippen molar-refractivity contribution in [2.75, 3.05) is 33.4 Å². The fourth-order valence-corrected chi connectivity index (χ4v) is 6.55. The number of methoxy groups -OCH3 is 1. The van der Waals surface area contributed by atoms with Crippen LogP contribution in [0, 0.1) is 0 Å². The Morgan fingerprint density at radius 2 is 1.70 bits per heavy atom. The summed E-state index contributed by atoms with van der Waals surface area (Å²) in [4.78, 5) is 16.9. The lowest BCUT2D eigenvalue weighted by Gasteiger charge is -2.47. The molecule has 9 nitrogen and oxygen atoms in total. The Hall–Kier alpha value is -4.29. The summed E-state index contributed by atoms with van der Waals surface area (Å²) in [6.45, 7) is 2.61. The fraction of sp³-hybridized carbons (Fsp3) is 0.375. The first-order valence-corrected chi connectivity index (χ1v) is 14.6. The number of alkyl halides is 3. The van der Waals surface area contributed by atoms with Crippen molar-refractivity contribution in [3.05, 3.63) is 101 Å². The van der Waals surface area contributed by atoms with Crippen LogP contribution in [0.25, 0.3) is 5.69 Å². The van der Waals surface area contributed by atoms with Crippen LogP contribution >= 0.6 is 0 Å². The standard InChI is InChI=1S/C32H33F3N6O3/c1-43-29(42)21-44-28-15-14-25(41-31(32(33,34)35)36-37-38-41)17-24(28)18-39-19-26-13-8-16-40(26)27(20-39)30(22-9-4-2-5-10-22)23-11-6-3-7-12-23/h2-7,9-12,14-15,17,26-27,30H,8,13,16,18-21H2,1H3/t26-,27-/m0/s1. The van der Waals surface area contributed by atoms with Crippen molar-refractivity contribution < 1.29 is 27.4 Å². The molecule has 2 aliphatic rings. The molecular formula is C32H33F3N6O3. The molecule has 12 heteroatoms. The third-order valence-corrected chi connectivity index (χ3v) is 8.44. The first kappa shape index (κ1) is 29.8. The Morgan fingerprint density at radius 3 is 2.36 bits per heavy atom. The van der Waals surface area contributed by atoms with Crippen molar-refractivity contribution in [1.82, 2.24) is 30.0 Å². The Kier molecular flexibility index (Phi) is 8.62. The number of carbonyl (C=O) groups excluding carboxylic acids is 1. The maximum atomic E-state index is 13.6. The van der Waals surface area contributed by atoms with Crippen LogP contribution < -0.4 is 4.74 Å². The van der Waals surface area contributed by atoms with Gasteiger partial charge in [-0.15, -0.1) is 5.10 Å². The van der Waals surface area contributed by atoms with E-state index < -0.39 is 18.0 Å². The first-order chi connectivity index (χ1) is 21.3. The van der Waals surface area contributed by atoms with Gasteiger partial charge in [-0.2, -0.15) is 17.9 Å². The van der Waals surface area contributed by atoms with Crippen LogP contribution in [-0.4, -0.2) is 81.4 Å². The maximum absolute atomic E-state index is 13.6. The third-order valence-electron chi connectivity index (χ3n) is 8.44. The lowest BCUT2D eigenvalue weighted by atomic mass is 9.82. The van der Waals surface area contributed by atoms with Gasteiger partial charge in [0, 0.05) is 43.2 Å². The van der Waals surface area contributed by atoms with E-state index in [0.717, 1.165) is 32.5 Å². The van der Waals surface area contributed by atoms with E-state index >= 15 is 0 Å². The second kappa shape index (κ2) is 12.7. The number of aromatic nitrogens is 4. The summed E-state index contributed by atoms with van der Waals surface area (Å²) in [5.41, 5.74) is 3.23. The highest BCUT2D eigenvalue weighted by Gasteiger charge is 2.42. The SMILES string of the molecule is COC(=O)COc1ccc(-n2nnnc2C(F)(F)F)cc1CN1C[C@@H]2CCCN2[C@H](C(c2ccccc2)c2ccccc2)C1. The topological polar surface area (TPSA) is 85.6 Å². The lowest BCUT2D eigenvalue weighted by Crippen LogP contribution is -2.57. The summed E-state index contributed by atoms with van der Waals surface area (Å²) in [6.07, 6.45) is -2.57. The average molecular weight is 607 g/mol. The van der Waals surface area contributed by atoms with Crippen molar-refractivity contribution >= 4 is 5.97 Å². The van der Waals surface area contributed by atoms with Crippen LogP contribution in [0.2, 0.25) is 0 Å². The number of halogens is 3. The number of piperazine rings is 1. The minimum absolute atomic E-state index is 0.123. The zero-order valence-electron chi connectivity index (χ0n) is 24.2. The molecule has 6 rings (SSSR count). The third kappa shape index (κ3) is 6.31. The van der Waals surface area contributed by atoms with E-state index in [4.69, 9.17) is 9.47 Å². The molecule has 1 aromatic heterocycles. The predicted octanol–water partition coefficient (Wildman–Crippen LogP) is 4.71. The highest BCUT2D eigenvalue weighted by molar-refractivity contribution is 5.71. The predicted molar refractivity (Wildman–Crippen MR) is 155 cm³/mol. The molecule has 2 atom stereocenters. The molecule has 0 spiro atoms. The van der Waals surface area contributed by atoms with Gasteiger partial charge >= 0.3 is 12.1 Å². The number of tetrazole rings is 1. The minimum Gasteiger partial charge on any atom is -0.482 e. The average Bonchev–Trinajstić information content (AvgIpc) is 3.72. The summed E-state index contributed by atoms with van der Waals surface area (Å²) in [6, 6.07) is 26.1. The van der Waals surface area contributed by atoms with Gasteiger partial charge in [0.2, 0.25) is 0 Å². The number of nitrogens with zero attached hydrogens (tertiary/aromatic N) is 6. The molecule has 3 aromatic carbocycles. The first-order valence-electron chi connectivity index (χ1n) is 14.6. The summed E-state index contributed by atoms with van der Waals surface area (Å²) in [5.74, 6) is -1.28. The molecule has 230 valence electrons. The second-order valence-corrected chi connectivity index (χ2v) is 11.2. The van der Waals surface area contributed by atoms with E-state index in [1.54, 1.807) is 12.1 Å². The molecule has 44 heavy (non-hydrogen) atoms. The Morgan fingerprint density at radius 1 is 1.00 bits per heavy atom. The second-order valence-electron chi connectivity index (χ2n) is 11.2. The van der Waals surface area contributed by atoms with Crippen molar-refractivity contribution in [1.29, 1.82) is 0 Å². The zero-order chi connectivity index (χ0) is 30.7. The van der Waals surface area contributed by atoms with Crippen LogP contribution in [0.3, 0.4) is 0 Å². The van der Waals surface area contributed by atoms with E-state index in [2.05, 4.69) is 73.9 Å². The summed E-state index contributed by atoms with van der Waals surface area (Å²) in [5, 5.41) is 10.1. The highest BCUT2D eigenvalue weighted by Crippen LogP contribution is 2.38. The highest BCUT2D eigenvalue weighted by atomic mass is 19.4. The van der Waals surface area contributed by atoms with Gasteiger partial charge in [-0.1, -0.05) is 60.7 Å². The lowest BCUT2D eigenvalue weighted by molar-refractivity contribution is -0.146. The zero-order valence-corrected chi connectivity index (χ0v) is 24.2. The largest absolute Gasteiger partial charge is 0.482 e. The molecule has 2 aliphatic heterocycles. The molecule has 4 aromatic rings. The molecule has 0 N–H and O–H groups in total. The van der Waals surface area contributed by atoms with Gasteiger partial charge < -0.3 is 9.47 Å². The van der Waals surface area contributed by atoms with Crippen LogP contribution in [0.15, 0.2) is 78.9 Å². The quantitative estimate of drug-likeness (QED) is 0.253. The number of rotatable bonds is 9. The maximum Gasteiger partial charge on any atom is 0.453 e. The Bertz CT molecular complexity index is 1530. The molecule has 0 saturated carbocycles. The number of hydrogen-bond acceptors (Lipinski definition) is 8. The molecule has 0 aliphatic carbocycles. The summed E-state index contributed by atoms with van der Waals surface area (Å²) < 4.78 is 52.1. The molecular weight excluding hydrogens is 573 g/mol. The number of carbonyl (C=O) groups is 1. The van der Waals surface area contributed by atoms with Crippen molar-refractivity contribution in [3.63, 3.8) is 0 Å². The van der Waals surface area contributed by atoms with Crippen LogP contribution in [0.5, 0.6) is 5.75 Å². The van der Waals surface area contributed by atoms with Gasteiger partial charge in [0.05, 0.1) is 12.8 Å². The molecule has 0 radical (unpaired) electrons. The van der Waals surface area contributed by atoms with Gasteiger partial charge in [-0.25, -0.2) is 4.79 Å². The van der Waals surface area contributed by atoms with E-state index in [1.165, 1.54) is 24.3 Å². The van der Waals surface area contributed by atoms with Gasteiger partial charge in [-0.3, -0.25) is 9.80 Å². The molecule has 0 bridgehead atoms. The van der Waals surface area contributed by atoms with E-state index in [-0.39, 0.29) is 24.3 Å². The van der Waals surface area contributed by atoms with Gasteiger partial charge in [-0.05, 0) is 59.1 Å². The van der Waals surface area contributed by atoms with Crippen molar-refractivity contribution in [3.8, 4) is 11.4 Å². The van der Waals surface area contributed by atoms with E-state index in [1.807, 2.05) is 12.1 Å². The molecule has 2 saturated heterocycles.